The molecule has 6 amide bonds. The van der Waals surface area contributed by atoms with Crippen LogP contribution in [-0.4, -0.2) is 71.9 Å². The number of nitrogens with one attached hydrogen (secondary N) is 2. The molecule has 10 nitrogen and oxygen atoms in total. The minimum Gasteiger partial charge on any atom is -0.324 e. The van der Waals surface area contributed by atoms with Crippen LogP contribution in [0.3, 0.4) is 0 Å². The molecule has 0 aliphatic carbocycles. The molecule has 0 atom stereocenters. The number of anilines is 4. The summed E-state index contributed by atoms with van der Waals surface area (Å²) in [7, 11) is 0. The number of rotatable bonds is 10. The van der Waals surface area contributed by atoms with Gasteiger partial charge >= 0.3 is 12.1 Å². The Morgan fingerprint density at radius 2 is 0.867 bits per heavy atom. The third-order valence-corrected chi connectivity index (χ3v) is 12.2. The summed E-state index contributed by atoms with van der Waals surface area (Å²) in [5.74, 6) is -0.174. The number of urea groups is 2. The maximum atomic E-state index is 13.8. The molecule has 5 aromatic carbocycles. The second-order valence-electron chi connectivity index (χ2n) is 14.9. The first-order valence-corrected chi connectivity index (χ1v) is 21.4. The predicted molar refractivity (Wildman–Crippen MR) is 242 cm³/mol. The lowest BCUT2D eigenvalue weighted by atomic mass is 10.0. The van der Waals surface area contributed by atoms with Crippen molar-refractivity contribution in [2.24, 2.45) is 0 Å². The second kappa shape index (κ2) is 19.9. The molecule has 0 bridgehead atoms. The van der Waals surface area contributed by atoms with Crippen LogP contribution in [0.25, 0.3) is 0 Å². The second-order valence-corrected chi connectivity index (χ2v) is 16.6. The van der Waals surface area contributed by atoms with Crippen molar-refractivity contribution in [3.05, 3.63) is 153 Å². The zero-order valence-electron chi connectivity index (χ0n) is 32.7. The Morgan fingerprint density at radius 3 is 1.23 bits per heavy atom. The zero-order valence-corrected chi connectivity index (χ0v) is 35.7. The lowest BCUT2D eigenvalue weighted by Gasteiger charge is -2.39. The number of piperidine rings is 2. The fourth-order valence-electron chi connectivity index (χ4n) is 7.83. The van der Waals surface area contributed by atoms with Gasteiger partial charge in [-0.3, -0.25) is 9.59 Å². The number of amides is 6. The van der Waals surface area contributed by atoms with Crippen molar-refractivity contribution in [1.82, 2.24) is 9.80 Å². The smallest absolute Gasteiger partial charge is 0.321 e. The van der Waals surface area contributed by atoms with E-state index in [0.717, 1.165) is 22.5 Å². The average molecular weight is 887 g/mol. The van der Waals surface area contributed by atoms with Crippen molar-refractivity contribution in [3.8, 4) is 0 Å². The number of carbonyl (C=O) groups is 4. The molecule has 14 heteroatoms. The van der Waals surface area contributed by atoms with E-state index in [2.05, 4.69) is 10.6 Å². The fourth-order valence-corrected chi connectivity index (χ4v) is 8.49. The van der Waals surface area contributed by atoms with Gasteiger partial charge in [0.2, 0.25) is 11.8 Å². The lowest BCUT2D eigenvalue weighted by Crippen LogP contribution is -2.50. The maximum Gasteiger partial charge on any atom is 0.321 e. The molecule has 0 spiro atoms. The van der Waals surface area contributed by atoms with E-state index in [1.165, 1.54) is 0 Å². The SMILES string of the molecule is O=C(Nc1cccc(NC(=O)N2CCC(N(C(=O)Cc3ccccc3Cl)c3ccc(Cl)cc3)CC2)c1)N1CCC(N(C(=O)Cc2ccccc2Cl)c2ccc(Cl)cc2)CC1. The molecule has 7 rings (SSSR count). The van der Waals surface area contributed by atoms with Crippen molar-refractivity contribution in [2.75, 3.05) is 46.6 Å². The number of benzene rings is 5. The standard InChI is InChI=1S/C46H44Cl4N6O4/c47-33-12-16-37(17-13-33)55(43(57)28-31-6-1-3-10-41(31)49)39-20-24-53(25-21-39)45(59)51-35-8-5-9-36(30-35)52-46(60)54-26-22-40(23-27-54)56(38-18-14-34(48)15-19-38)44(58)29-32-7-2-4-11-42(32)50/h1-19,30,39-40H,20-29H2,(H,51,59)(H,52,60). The van der Waals surface area contributed by atoms with E-state index in [1.54, 1.807) is 80.3 Å². The molecule has 60 heavy (non-hydrogen) atoms. The van der Waals surface area contributed by atoms with E-state index in [1.807, 2.05) is 60.7 Å². The van der Waals surface area contributed by atoms with Gasteiger partial charge in [-0.1, -0.05) is 88.9 Å². The highest BCUT2D eigenvalue weighted by molar-refractivity contribution is 6.32. The van der Waals surface area contributed by atoms with E-state index in [0.29, 0.717) is 83.3 Å². The van der Waals surface area contributed by atoms with Crippen LogP contribution in [0.5, 0.6) is 0 Å². The van der Waals surface area contributed by atoms with Gasteiger partial charge in [0.1, 0.15) is 0 Å². The Morgan fingerprint density at radius 1 is 0.500 bits per heavy atom. The minimum absolute atomic E-state index is 0.0869. The van der Waals surface area contributed by atoms with E-state index >= 15 is 0 Å². The molecule has 0 radical (unpaired) electrons. The molecule has 310 valence electrons. The molecule has 2 fully saturated rings. The maximum absolute atomic E-state index is 13.8. The van der Waals surface area contributed by atoms with Crippen LogP contribution in [0.4, 0.5) is 32.3 Å². The number of carbonyl (C=O) groups excluding carboxylic acids is 4. The molecule has 2 aliphatic heterocycles. The summed E-state index contributed by atoms with van der Waals surface area (Å²) >= 11 is 25.2. The normalized spacial score (nSPS) is 14.7. The van der Waals surface area contributed by atoms with Crippen LogP contribution in [-0.2, 0) is 22.4 Å². The van der Waals surface area contributed by atoms with Gasteiger partial charge in [-0.2, -0.15) is 0 Å². The lowest BCUT2D eigenvalue weighted by molar-refractivity contribution is -0.119. The Hall–Kier alpha value is -5.26. The summed E-state index contributed by atoms with van der Waals surface area (Å²) in [6.45, 7) is 1.75. The van der Waals surface area contributed by atoms with E-state index < -0.39 is 0 Å². The third kappa shape index (κ3) is 10.7. The van der Waals surface area contributed by atoms with Crippen molar-refractivity contribution in [2.45, 2.75) is 50.6 Å². The van der Waals surface area contributed by atoms with Gasteiger partial charge in [0, 0.05) is 81.1 Å². The van der Waals surface area contributed by atoms with Gasteiger partial charge in [0.05, 0.1) is 12.8 Å². The monoisotopic (exact) mass is 884 g/mol. The van der Waals surface area contributed by atoms with Crippen LogP contribution in [0, 0.1) is 0 Å². The van der Waals surface area contributed by atoms with Crippen molar-refractivity contribution in [1.29, 1.82) is 0 Å². The summed E-state index contributed by atoms with van der Waals surface area (Å²) < 4.78 is 0. The van der Waals surface area contributed by atoms with Gasteiger partial charge in [0.15, 0.2) is 0 Å². The molecule has 2 aliphatic rings. The molecule has 0 unspecified atom stereocenters. The summed E-state index contributed by atoms with van der Waals surface area (Å²) in [6.07, 6.45) is 2.58. The number of likely N-dealkylation sites (tertiary alicyclic amines) is 2. The van der Waals surface area contributed by atoms with Gasteiger partial charge in [-0.15, -0.1) is 0 Å². The Balaban J connectivity index is 0.931. The van der Waals surface area contributed by atoms with E-state index in [4.69, 9.17) is 46.4 Å². The van der Waals surface area contributed by atoms with Crippen LogP contribution < -0.4 is 20.4 Å². The van der Waals surface area contributed by atoms with Crippen molar-refractivity contribution >= 4 is 93.0 Å². The first-order chi connectivity index (χ1) is 29.0. The number of halogens is 4. The Labute approximate surface area is 369 Å². The van der Waals surface area contributed by atoms with Crippen LogP contribution in [0.15, 0.2) is 121 Å². The zero-order chi connectivity index (χ0) is 42.2. The first kappa shape index (κ1) is 42.8. The third-order valence-electron chi connectivity index (χ3n) is 10.9. The summed E-state index contributed by atoms with van der Waals surface area (Å²) in [4.78, 5) is 61.6. The van der Waals surface area contributed by atoms with Gasteiger partial charge in [0.25, 0.3) is 0 Å². The number of hydrogen-bond donors (Lipinski definition) is 2. The molecule has 2 heterocycles. The summed E-state index contributed by atoms with van der Waals surface area (Å²) in [5, 5.41) is 8.17. The summed E-state index contributed by atoms with van der Waals surface area (Å²) in [5.41, 5.74) is 4.04. The summed E-state index contributed by atoms with van der Waals surface area (Å²) in [6, 6.07) is 35.3. The van der Waals surface area contributed by atoms with Gasteiger partial charge in [-0.05, 0) is 116 Å². The number of nitrogens with zero attached hydrogens (tertiary/aromatic N) is 4. The highest BCUT2D eigenvalue weighted by Crippen LogP contribution is 2.30. The van der Waals surface area contributed by atoms with E-state index in [-0.39, 0.29) is 48.8 Å². The topological polar surface area (TPSA) is 105 Å². The first-order valence-electron chi connectivity index (χ1n) is 19.9. The van der Waals surface area contributed by atoms with Crippen LogP contribution in [0.1, 0.15) is 36.8 Å². The molecule has 0 saturated carbocycles. The van der Waals surface area contributed by atoms with E-state index in [9.17, 15) is 19.2 Å². The van der Waals surface area contributed by atoms with Crippen molar-refractivity contribution in [3.63, 3.8) is 0 Å². The number of hydrogen-bond acceptors (Lipinski definition) is 4. The minimum atomic E-state index is -0.270. The molecule has 2 saturated heterocycles. The molecular formula is C46H44Cl4N6O4. The van der Waals surface area contributed by atoms with Crippen LogP contribution >= 0.6 is 46.4 Å². The predicted octanol–water partition coefficient (Wildman–Crippen LogP) is 10.8. The fraction of sp³-hybridized carbons (Fsp3) is 0.261. The molecular weight excluding hydrogens is 842 g/mol. The van der Waals surface area contributed by atoms with Crippen LogP contribution in [0.2, 0.25) is 20.1 Å². The average Bonchev–Trinajstić information content (AvgIpc) is 3.25. The molecule has 2 N–H and O–H groups in total. The Bertz CT molecular complexity index is 2150. The largest absolute Gasteiger partial charge is 0.324 e. The quantitative estimate of drug-likeness (QED) is 0.146. The highest BCUT2D eigenvalue weighted by Gasteiger charge is 2.33. The Kier molecular flexibility index (Phi) is 14.2. The molecule has 0 aromatic heterocycles. The van der Waals surface area contributed by atoms with Crippen molar-refractivity contribution < 1.29 is 19.2 Å². The molecule has 5 aromatic rings. The van der Waals surface area contributed by atoms with Gasteiger partial charge < -0.3 is 30.2 Å². The highest BCUT2D eigenvalue weighted by atomic mass is 35.5. The van der Waals surface area contributed by atoms with Gasteiger partial charge in [-0.25, -0.2) is 9.59 Å².